The molecule has 0 radical (unpaired) electrons. The zero-order chi connectivity index (χ0) is 20.2. The van der Waals surface area contributed by atoms with Crippen molar-refractivity contribution in [1.29, 1.82) is 0 Å². The molecule has 4 rings (SSSR count). The Hall–Kier alpha value is -2.38. The fourth-order valence-electron chi connectivity index (χ4n) is 2.97. The maximum absolute atomic E-state index is 11.8. The van der Waals surface area contributed by atoms with Crippen LogP contribution in [0, 0.1) is 5.41 Å². The minimum Gasteiger partial charge on any atom is -0.457 e. The number of cyclic esters (lactones) is 1. The second-order valence-corrected chi connectivity index (χ2v) is 8.60. The van der Waals surface area contributed by atoms with Gasteiger partial charge in [-0.25, -0.2) is 4.79 Å². The number of ether oxygens (including phenoxy) is 1. The Kier molecular flexibility index (Phi) is 4.47. The van der Waals surface area contributed by atoms with E-state index in [0.717, 1.165) is 0 Å². The van der Waals surface area contributed by atoms with Crippen molar-refractivity contribution >= 4 is 40.8 Å². The van der Waals surface area contributed by atoms with Gasteiger partial charge in [-0.3, -0.25) is 0 Å². The normalized spacial score (nSPS) is 14.9. The second kappa shape index (κ2) is 6.60. The van der Waals surface area contributed by atoms with E-state index in [9.17, 15) is 4.79 Å². The average Bonchev–Trinajstić information content (AvgIpc) is 3.22. The highest BCUT2D eigenvalue weighted by Crippen LogP contribution is 2.42. The monoisotopic (exact) mass is 419 g/mol. The Labute approximate surface area is 172 Å². The zero-order valence-corrected chi connectivity index (χ0v) is 17.4. The quantitative estimate of drug-likeness (QED) is 0.492. The molecule has 0 saturated heterocycles. The lowest BCUT2D eigenvalue weighted by molar-refractivity contribution is 0.0535. The fourth-order valence-corrected chi connectivity index (χ4v) is 3.55. The first-order valence-electron chi connectivity index (χ1n) is 8.83. The number of halogens is 2. The molecule has 3 aromatic rings. The van der Waals surface area contributed by atoms with E-state index in [1.807, 2.05) is 0 Å². The molecule has 1 aliphatic rings. The van der Waals surface area contributed by atoms with Gasteiger partial charge in [-0.05, 0) is 18.4 Å². The highest BCUT2D eigenvalue weighted by Gasteiger charge is 2.29. The standard InChI is InChI=1S/C19H19Cl2N5O2/c1-9(19(2,3)4)24-16-13(15(21)25-18-22-8-23-26(16)18)11-6-5-10-12(14(11)20)7-28-17(10)27/h5-6,8-9,24H,7H2,1-4H3. The van der Waals surface area contributed by atoms with E-state index < -0.39 is 0 Å². The first-order valence-corrected chi connectivity index (χ1v) is 9.58. The zero-order valence-electron chi connectivity index (χ0n) is 15.9. The molecular formula is C19H19Cl2N5O2. The molecule has 146 valence electrons. The Morgan fingerprint density at radius 2 is 1.96 bits per heavy atom. The third-order valence-corrected chi connectivity index (χ3v) is 5.82. The highest BCUT2D eigenvalue weighted by molar-refractivity contribution is 6.37. The Morgan fingerprint density at radius 3 is 2.68 bits per heavy atom. The van der Waals surface area contributed by atoms with Gasteiger partial charge >= 0.3 is 5.97 Å². The average molecular weight is 420 g/mol. The van der Waals surface area contributed by atoms with Crippen LogP contribution in [0.2, 0.25) is 10.2 Å². The van der Waals surface area contributed by atoms with Crippen molar-refractivity contribution in [3.63, 3.8) is 0 Å². The van der Waals surface area contributed by atoms with Gasteiger partial charge in [-0.1, -0.05) is 50.0 Å². The van der Waals surface area contributed by atoms with Crippen LogP contribution in [0.3, 0.4) is 0 Å². The molecule has 1 N–H and O–H groups in total. The van der Waals surface area contributed by atoms with E-state index in [0.29, 0.717) is 38.9 Å². The van der Waals surface area contributed by atoms with Crippen LogP contribution < -0.4 is 5.32 Å². The summed E-state index contributed by atoms with van der Waals surface area (Å²) in [6, 6.07) is 3.53. The van der Waals surface area contributed by atoms with E-state index in [1.54, 1.807) is 16.6 Å². The third-order valence-electron chi connectivity index (χ3n) is 5.12. The number of nitrogens with one attached hydrogen (secondary N) is 1. The Balaban J connectivity index is 1.96. The molecule has 1 unspecified atom stereocenters. The molecule has 0 bridgehead atoms. The smallest absolute Gasteiger partial charge is 0.338 e. The summed E-state index contributed by atoms with van der Waals surface area (Å²) in [5.41, 5.74) is 2.34. The third kappa shape index (κ3) is 2.99. The van der Waals surface area contributed by atoms with Gasteiger partial charge in [-0.15, -0.1) is 0 Å². The number of anilines is 1. The summed E-state index contributed by atoms with van der Waals surface area (Å²) in [5.74, 6) is 0.647. The molecule has 0 aliphatic carbocycles. The number of carbonyl (C=O) groups is 1. The van der Waals surface area contributed by atoms with Crippen LogP contribution in [0.4, 0.5) is 5.82 Å². The van der Waals surface area contributed by atoms with Gasteiger partial charge in [-0.2, -0.15) is 19.6 Å². The molecule has 0 amide bonds. The molecule has 1 atom stereocenters. The summed E-state index contributed by atoms with van der Waals surface area (Å²) >= 11 is 13.2. The van der Waals surface area contributed by atoms with Gasteiger partial charge < -0.3 is 10.1 Å². The van der Waals surface area contributed by atoms with Gasteiger partial charge in [0, 0.05) is 17.2 Å². The fraction of sp³-hybridized carbons (Fsp3) is 0.368. The summed E-state index contributed by atoms with van der Waals surface area (Å²) in [4.78, 5) is 20.3. The molecule has 1 aliphatic heterocycles. The van der Waals surface area contributed by atoms with Crippen LogP contribution in [0.5, 0.6) is 0 Å². The maximum atomic E-state index is 11.8. The van der Waals surface area contributed by atoms with E-state index >= 15 is 0 Å². The number of benzene rings is 1. The number of fused-ring (bicyclic) bond motifs is 2. The maximum Gasteiger partial charge on any atom is 0.338 e. The molecule has 0 fully saturated rings. The lowest BCUT2D eigenvalue weighted by atomic mass is 9.88. The molecule has 1 aromatic carbocycles. The topological polar surface area (TPSA) is 81.4 Å². The Bertz CT molecular complexity index is 1100. The van der Waals surface area contributed by atoms with Gasteiger partial charge in [0.25, 0.3) is 5.78 Å². The van der Waals surface area contributed by atoms with Crippen molar-refractivity contribution < 1.29 is 9.53 Å². The number of hydrogen-bond acceptors (Lipinski definition) is 6. The largest absolute Gasteiger partial charge is 0.457 e. The minimum absolute atomic E-state index is 0.0259. The van der Waals surface area contributed by atoms with Crippen molar-refractivity contribution in [3.8, 4) is 11.1 Å². The molecule has 2 aromatic heterocycles. The van der Waals surface area contributed by atoms with Crippen molar-refractivity contribution in [3.05, 3.63) is 39.8 Å². The highest BCUT2D eigenvalue weighted by atomic mass is 35.5. The van der Waals surface area contributed by atoms with Crippen LogP contribution >= 0.6 is 23.2 Å². The molecule has 7 nitrogen and oxygen atoms in total. The molecule has 9 heteroatoms. The number of rotatable bonds is 3. The van der Waals surface area contributed by atoms with Gasteiger partial charge in [0.1, 0.15) is 23.9 Å². The lowest BCUT2D eigenvalue weighted by Gasteiger charge is -2.30. The predicted molar refractivity (Wildman–Crippen MR) is 108 cm³/mol. The van der Waals surface area contributed by atoms with Crippen molar-refractivity contribution in [2.24, 2.45) is 5.41 Å². The molecule has 28 heavy (non-hydrogen) atoms. The van der Waals surface area contributed by atoms with E-state index in [4.69, 9.17) is 27.9 Å². The SMILES string of the molecule is CC(Nc1c(-c2ccc3c(c2Cl)COC3=O)c(Cl)nc2ncnn12)C(C)(C)C. The first kappa shape index (κ1) is 19.0. The summed E-state index contributed by atoms with van der Waals surface area (Å²) in [6.07, 6.45) is 1.42. The Morgan fingerprint density at radius 1 is 1.25 bits per heavy atom. The van der Waals surface area contributed by atoms with Gasteiger partial charge in [0.15, 0.2) is 0 Å². The van der Waals surface area contributed by atoms with E-state index in [2.05, 4.69) is 48.1 Å². The van der Waals surface area contributed by atoms with Crippen LogP contribution in [0.25, 0.3) is 16.9 Å². The molecule has 3 heterocycles. The summed E-state index contributed by atoms with van der Waals surface area (Å²) < 4.78 is 6.71. The molecule has 0 saturated carbocycles. The number of hydrogen-bond donors (Lipinski definition) is 1. The van der Waals surface area contributed by atoms with Crippen molar-refractivity contribution in [1.82, 2.24) is 19.6 Å². The number of aromatic nitrogens is 4. The number of nitrogens with zero attached hydrogens (tertiary/aromatic N) is 4. The van der Waals surface area contributed by atoms with Crippen LogP contribution in [0.1, 0.15) is 43.6 Å². The van der Waals surface area contributed by atoms with Gasteiger partial charge in [0.05, 0.1) is 16.1 Å². The van der Waals surface area contributed by atoms with Crippen LogP contribution in [-0.2, 0) is 11.3 Å². The summed E-state index contributed by atoms with van der Waals surface area (Å²) in [7, 11) is 0. The van der Waals surface area contributed by atoms with Crippen molar-refractivity contribution in [2.45, 2.75) is 40.3 Å². The minimum atomic E-state index is -0.376. The first-order chi connectivity index (χ1) is 13.2. The van der Waals surface area contributed by atoms with E-state index in [1.165, 1.54) is 6.33 Å². The van der Waals surface area contributed by atoms with E-state index in [-0.39, 0.29) is 29.2 Å². The predicted octanol–water partition coefficient (Wildman–Crippen LogP) is 4.62. The van der Waals surface area contributed by atoms with Crippen LogP contribution in [0.15, 0.2) is 18.5 Å². The number of esters is 1. The van der Waals surface area contributed by atoms with Crippen molar-refractivity contribution in [2.75, 3.05) is 5.32 Å². The summed E-state index contributed by atoms with van der Waals surface area (Å²) in [6.45, 7) is 8.63. The molecular weight excluding hydrogens is 401 g/mol. The second-order valence-electron chi connectivity index (χ2n) is 7.86. The lowest BCUT2D eigenvalue weighted by Crippen LogP contribution is -2.32. The number of carbonyl (C=O) groups excluding carboxylic acids is 1. The summed E-state index contributed by atoms with van der Waals surface area (Å²) in [5, 5.41) is 8.46. The van der Waals surface area contributed by atoms with Crippen LogP contribution in [-0.4, -0.2) is 31.6 Å². The molecule has 0 spiro atoms. The van der Waals surface area contributed by atoms with Gasteiger partial charge in [0.2, 0.25) is 0 Å².